The Labute approximate surface area is 150 Å². The van der Waals surface area contributed by atoms with E-state index >= 15 is 0 Å². The van der Waals surface area contributed by atoms with Gasteiger partial charge in [-0.1, -0.05) is 48.6 Å². The van der Waals surface area contributed by atoms with Crippen LogP contribution < -0.4 is 4.90 Å². The molecule has 1 N–H and O–H groups in total. The second kappa shape index (κ2) is 7.42. The minimum atomic E-state index is -0.0910. The van der Waals surface area contributed by atoms with Crippen molar-refractivity contribution in [3.05, 3.63) is 59.7 Å². The van der Waals surface area contributed by atoms with Gasteiger partial charge in [0, 0.05) is 31.0 Å². The van der Waals surface area contributed by atoms with Crippen LogP contribution in [0.3, 0.4) is 0 Å². The number of aliphatic hydroxyl groups is 1. The number of piperidine rings is 1. The van der Waals surface area contributed by atoms with Crippen LogP contribution in [-0.2, 0) is 0 Å². The second-order valence-corrected chi connectivity index (χ2v) is 7.03. The summed E-state index contributed by atoms with van der Waals surface area (Å²) in [5, 5.41) is 9.66. The van der Waals surface area contributed by atoms with Crippen molar-refractivity contribution >= 4 is 23.5 Å². The first-order valence-corrected chi connectivity index (χ1v) is 9.35. The van der Waals surface area contributed by atoms with E-state index < -0.39 is 0 Å². The largest absolute Gasteiger partial charge is 0.393 e. The average molecular weight is 334 g/mol. The summed E-state index contributed by atoms with van der Waals surface area (Å²) < 4.78 is 0. The summed E-state index contributed by atoms with van der Waals surface area (Å²) in [5.41, 5.74) is 5.13. The van der Waals surface area contributed by atoms with Crippen LogP contribution in [0.2, 0.25) is 0 Å². The third-order valence-electron chi connectivity index (χ3n) is 5.31. The van der Waals surface area contributed by atoms with Gasteiger partial charge in [0.1, 0.15) is 0 Å². The molecule has 0 spiro atoms. The summed E-state index contributed by atoms with van der Waals surface area (Å²) in [6.45, 7) is 4.15. The zero-order valence-electron chi connectivity index (χ0n) is 14.6. The summed E-state index contributed by atoms with van der Waals surface area (Å²) in [6.07, 6.45) is 7.31. The third kappa shape index (κ3) is 3.63. The molecule has 25 heavy (non-hydrogen) atoms. The lowest BCUT2D eigenvalue weighted by Gasteiger charge is -2.31. The molecule has 0 bridgehead atoms. The molecule has 130 valence electrons. The zero-order chi connectivity index (χ0) is 17.1. The van der Waals surface area contributed by atoms with Crippen molar-refractivity contribution in [1.29, 1.82) is 0 Å². The Kier molecular flexibility index (Phi) is 4.86. The van der Waals surface area contributed by atoms with Crippen molar-refractivity contribution in [2.45, 2.75) is 25.4 Å². The molecular formula is C22H26N2O. The molecule has 0 amide bonds. The van der Waals surface area contributed by atoms with Gasteiger partial charge in [0.15, 0.2) is 0 Å². The van der Waals surface area contributed by atoms with Crippen LogP contribution in [0.25, 0.3) is 12.2 Å². The van der Waals surface area contributed by atoms with Crippen LogP contribution in [-0.4, -0.2) is 42.3 Å². The summed E-state index contributed by atoms with van der Waals surface area (Å²) in [6, 6.07) is 17.3. The van der Waals surface area contributed by atoms with E-state index in [9.17, 15) is 5.11 Å². The monoisotopic (exact) mass is 334 g/mol. The minimum Gasteiger partial charge on any atom is -0.393 e. The third-order valence-corrected chi connectivity index (χ3v) is 5.31. The molecule has 0 aromatic heterocycles. The molecule has 0 radical (unpaired) electrons. The van der Waals surface area contributed by atoms with Gasteiger partial charge >= 0.3 is 0 Å². The highest BCUT2D eigenvalue weighted by atomic mass is 16.3. The first kappa shape index (κ1) is 16.4. The Morgan fingerprint density at radius 2 is 1.36 bits per heavy atom. The molecule has 0 atom stereocenters. The maximum Gasteiger partial charge on any atom is 0.0564 e. The fourth-order valence-corrected chi connectivity index (χ4v) is 3.89. The van der Waals surface area contributed by atoms with Crippen molar-refractivity contribution in [3.63, 3.8) is 0 Å². The van der Waals surface area contributed by atoms with Crippen LogP contribution in [0.4, 0.5) is 11.4 Å². The Morgan fingerprint density at radius 3 is 1.96 bits per heavy atom. The van der Waals surface area contributed by atoms with Gasteiger partial charge in [-0.15, -0.1) is 0 Å². The second-order valence-electron chi connectivity index (χ2n) is 7.03. The topological polar surface area (TPSA) is 26.7 Å². The number of rotatable bonds is 4. The van der Waals surface area contributed by atoms with E-state index in [1.165, 1.54) is 22.5 Å². The maximum absolute atomic E-state index is 9.66. The molecule has 2 aliphatic heterocycles. The van der Waals surface area contributed by atoms with Crippen LogP contribution in [0.15, 0.2) is 48.5 Å². The molecule has 0 saturated carbocycles. The lowest BCUT2D eigenvalue weighted by Crippen LogP contribution is -2.37. The number of benzene rings is 2. The van der Waals surface area contributed by atoms with E-state index in [4.69, 9.17) is 0 Å². The standard InChI is InChI=1S/C22H26N2O/c25-20-12-16-23(17-13-20)14-5-15-24-21-8-3-1-6-18(21)10-11-19-7-2-4-9-22(19)24/h1-4,6-11,20,25H,5,12-17H2. The van der Waals surface area contributed by atoms with E-state index in [2.05, 4.69) is 70.5 Å². The van der Waals surface area contributed by atoms with E-state index in [0.29, 0.717) is 0 Å². The van der Waals surface area contributed by atoms with E-state index in [1.54, 1.807) is 0 Å². The van der Waals surface area contributed by atoms with Crippen LogP contribution in [0, 0.1) is 0 Å². The fraction of sp³-hybridized carbons (Fsp3) is 0.364. The number of anilines is 2. The van der Waals surface area contributed by atoms with Gasteiger partial charge in [-0.05, 0) is 49.1 Å². The van der Waals surface area contributed by atoms with Crippen molar-refractivity contribution in [2.24, 2.45) is 0 Å². The van der Waals surface area contributed by atoms with Crippen molar-refractivity contribution in [1.82, 2.24) is 4.90 Å². The molecule has 3 nitrogen and oxygen atoms in total. The summed E-state index contributed by atoms with van der Waals surface area (Å²) in [5.74, 6) is 0. The molecule has 4 rings (SSSR count). The average Bonchev–Trinajstić information content (AvgIpc) is 2.81. The van der Waals surface area contributed by atoms with Crippen molar-refractivity contribution in [3.8, 4) is 0 Å². The van der Waals surface area contributed by atoms with E-state index in [-0.39, 0.29) is 6.10 Å². The van der Waals surface area contributed by atoms with Crippen molar-refractivity contribution in [2.75, 3.05) is 31.1 Å². The SMILES string of the molecule is OC1CCN(CCCN2c3ccccc3C=Cc3ccccc32)CC1. The quantitative estimate of drug-likeness (QED) is 0.910. The number of hydrogen-bond acceptors (Lipinski definition) is 3. The molecule has 2 aromatic rings. The fourth-order valence-electron chi connectivity index (χ4n) is 3.89. The predicted molar refractivity (Wildman–Crippen MR) is 105 cm³/mol. The maximum atomic E-state index is 9.66. The van der Waals surface area contributed by atoms with Crippen LogP contribution >= 0.6 is 0 Å². The molecule has 1 fully saturated rings. The predicted octanol–water partition coefficient (Wildman–Crippen LogP) is 4.16. The molecule has 2 aliphatic rings. The smallest absolute Gasteiger partial charge is 0.0564 e. The number of nitrogens with zero attached hydrogens (tertiary/aromatic N) is 2. The highest BCUT2D eigenvalue weighted by molar-refractivity contribution is 5.88. The molecule has 1 saturated heterocycles. The van der Waals surface area contributed by atoms with Gasteiger partial charge in [0.25, 0.3) is 0 Å². The molecule has 3 heteroatoms. The van der Waals surface area contributed by atoms with Gasteiger partial charge in [-0.3, -0.25) is 0 Å². The molecule has 2 aromatic carbocycles. The molecule has 0 aliphatic carbocycles. The Balaban J connectivity index is 1.51. The number of hydrogen-bond donors (Lipinski definition) is 1. The van der Waals surface area contributed by atoms with E-state index in [1.807, 2.05) is 0 Å². The first-order valence-electron chi connectivity index (χ1n) is 9.35. The Morgan fingerprint density at radius 1 is 0.800 bits per heavy atom. The lowest BCUT2D eigenvalue weighted by atomic mass is 10.1. The molecular weight excluding hydrogens is 308 g/mol. The lowest BCUT2D eigenvalue weighted by molar-refractivity contribution is 0.0824. The first-order chi connectivity index (χ1) is 12.3. The van der Waals surface area contributed by atoms with Crippen LogP contribution in [0.5, 0.6) is 0 Å². The highest BCUT2D eigenvalue weighted by Crippen LogP contribution is 2.36. The molecule has 2 heterocycles. The summed E-state index contributed by atoms with van der Waals surface area (Å²) in [7, 11) is 0. The number of likely N-dealkylation sites (tertiary alicyclic amines) is 1. The minimum absolute atomic E-state index is 0.0910. The number of fused-ring (bicyclic) bond motifs is 2. The van der Waals surface area contributed by atoms with Gasteiger partial charge in [0.2, 0.25) is 0 Å². The Bertz CT molecular complexity index is 698. The van der Waals surface area contributed by atoms with Crippen molar-refractivity contribution < 1.29 is 5.11 Å². The highest BCUT2D eigenvalue weighted by Gasteiger charge is 2.19. The summed E-state index contributed by atoms with van der Waals surface area (Å²) >= 11 is 0. The van der Waals surface area contributed by atoms with Gasteiger partial charge < -0.3 is 14.9 Å². The van der Waals surface area contributed by atoms with Crippen LogP contribution in [0.1, 0.15) is 30.4 Å². The molecule has 0 unspecified atom stereocenters. The van der Waals surface area contributed by atoms with Gasteiger partial charge in [-0.25, -0.2) is 0 Å². The number of para-hydroxylation sites is 2. The van der Waals surface area contributed by atoms with Gasteiger partial charge in [-0.2, -0.15) is 0 Å². The number of aliphatic hydroxyl groups excluding tert-OH is 1. The zero-order valence-corrected chi connectivity index (χ0v) is 14.6. The van der Waals surface area contributed by atoms with Gasteiger partial charge in [0.05, 0.1) is 6.10 Å². The van der Waals surface area contributed by atoms with E-state index in [0.717, 1.165) is 45.4 Å². The summed E-state index contributed by atoms with van der Waals surface area (Å²) in [4.78, 5) is 4.95. The Hall–Kier alpha value is -2.10. The normalized spacial score (nSPS) is 17.9.